The first-order chi connectivity index (χ1) is 8.74. The minimum Gasteiger partial charge on any atom is -0.377 e. The number of rotatable bonds is 4. The normalized spacial score (nSPS) is 10.1. The first-order valence-electron chi connectivity index (χ1n) is 5.93. The Labute approximate surface area is 106 Å². The van der Waals surface area contributed by atoms with Gasteiger partial charge < -0.3 is 4.90 Å². The monoisotopic (exact) mass is 240 g/mol. The van der Waals surface area contributed by atoms with Gasteiger partial charge in [-0.1, -0.05) is 35.4 Å². The molecular formula is C14H16N4. The minimum absolute atomic E-state index is 0.502. The lowest BCUT2D eigenvalue weighted by atomic mass is 10.0. The van der Waals surface area contributed by atoms with Gasteiger partial charge >= 0.3 is 0 Å². The van der Waals surface area contributed by atoms with Crippen molar-refractivity contribution in [2.75, 3.05) is 25.5 Å². The van der Waals surface area contributed by atoms with E-state index in [0.29, 0.717) is 6.54 Å². The highest BCUT2D eigenvalue weighted by molar-refractivity contribution is 5.96. The molecule has 0 radical (unpaired) electrons. The maximum atomic E-state index is 8.33. The van der Waals surface area contributed by atoms with Gasteiger partial charge in [-0.2, -0.15) is 0 Å². The molecule has 4 heteroatoms. The van der Waals surface area contributed by atoms with Gasteiger partial charge in [0.15, 0.2) is 0 Å². The zero-order chi connectivity index (χ0) is 13.0. The second-order valence-corrected chi connectivity index (χ2v) is 4.39. The summed E-state index contributed by atoms with van der Waals surface area (Å²) in [6.45, 7) is 0.502. The summed E-state index contributed by atoms with van der Waals surface area (Å²) in [6.07, 6.45) is 0.776. The average Bonchev–Trinajstić information content (AvgIpc) is 2.38. The molecule has 4 nitrogen and oxygen atoms in total. The van der Waals surface area contributed by atoms with Gasteiger partial charge in [-0.3, -0.25) is 0 Å². The fourth-order valence-corrected chi connectivity index (χ4v) is 2.18. The maximum absolute atomic E-state index is 8.33. The summed E-state index contributed by atoms with van der Waals surface area (Å²) >= 11 is 0. The van der Waals surface area contributed by atoms with E-state index in [1.807, 2.05) is 14.1 Å². The highest BCUT2D eigenvalue weighted by Gasteiger charge is 2.05. The zero-order valence-electron chi connectivity index (χ0n) is 10.7. The third kappa shape index (κ3) is 2.39. The Kier molecular flexibility index (Phi) is 3.70. The van der Waals surface area contributed by atoms with Crippen LogP contribution < -0.4 is 4.90 Å². The van der Waals surface area contributed by atoms with Crippen molar-refractivity contribution in [3.63, 3.8) is 0 Å². The molecule has 0 saturated carbocycles. The first-order valence-corrected chi connectivity index (χ1v) is 5.93. The zero-order valence-corrected chi connectivity index (χ0v) is 10.7. The topological polar surface area (TPSA) is 52.0 Å². The van der Waals surface area contributed by atoms with Crippen molar-refractivity contribution in [1.82, 2.24) is 0 Å². The maximum Gasteiger partial charge on any atom is 0.0440 e. The van der Waals surface area contributed by atoms with Crippen LogP contribution in [-0.2, 0) is 6.42 Å². The predicted octanol–water partition coefficient (Wildman–Crippen LogP) is 3.76. The molecule has 2 rings (SSSR count). The van der Waals surface area contributed by atoms with Crippen LogP contribution in [0.5, 0.6) is 0 Å². The third-order valence-electron chi connectivity index (χ3n) is 3.02. The van der Waals surface area contributed by atoms with Crippen molar-refractivity contribution in [2.24, 2.45) is 5.11 Å². The molecule has 0 spiro atoms. The summed E-state index contributed by atoms with van der Waals surface area (Å²) in [5.41, 5.74) is 10.8. The first kappa shape index (κ1) is 12.3. The molecule has 0 saturated heterocycles. The van der Waals surface area contributed by atoms with Crippen LogP contribution >= 0.6 is 0 Å². The second kappa shape index (κ2) is 5.43. The smallest absolute Gasteiger partial charge is 0.0440 e. The van der Waals surface area contributed by atoms with Gasteiger partial charge in [-0.15, -0.1) is 0 Å². The summed E-state index contributed by atoms with van der Waals surface area (Å²) in [4.78, 5) is 4.90. The Balaban J connectivity index is 2.49. The molecule has 0 aliphatic rings. The Hall–Kier alpha value is -2.19. The molecule has 0 aliphatic heterocycles. The summed E-state index contributed by atoms with van der Waals surface area (Å²) in [5.74, 6) is 0. The van der Waals surface area contributed by atoms with Crippen LogP contribution in [0.3, 0.4) is 0 Å². The van der Waals surface area contributed by atoms with Crippen molar-refractivity contribution in [2.45, 2.75) is 6.42 Å². The molecular weight excluding hydrogens is 224 g/mol. The van der Waals surface area contributed by atoms with Crippen molar-refractivity contribution in [3.8, 4) is 0 Å². The molecule has 18 heavy (non-hydrogen) atoms. The molecule has 2 aromatic rings. The number of benzene rings is 2. The van der Waals surface area contributed by atoms with E-state index >= 15 is 0 Å². The van der Waals surface area contributed by atoms with E-state index in [1.165, 1.54) is 22.0 Å². The SMILES string of the molecule is CN(C)c1cccc2c(CCN=[N+]=[N-])cccc12. The molecule has 2 aromatic carbocycles. The quantitative estimate of drug-likeness (QED) is 0.456. The molecule has 0 aliphatic carbocycles. The third-order valence-corrected chi connectivity index (χ3v) is 3.02. The van der Waals surface area contributed by atoms with Crippen molar-refractivity contribution >= 4 is 16.5 Å². The molecule has 0 bridgehead atoms. The van der Waals surface area contributed by atoms with Crippen LogP contribution in [0, 0.1) is 0 Å². The summed E-state index contributed by atoms with van der Waals surface area (Å²) in [7, 11) is 4.09. The molecule has 0 fully saturated rings. The lowest BCUT2D eigenvalue weighted by Gasteiger charge is -2.16. The number of hydrogen-bond donors (Lipinski definition) is 0. The Morgan fingerprint density at radius 1 is 1.11 bits per heavy atom. The van der Waals surface area contributed by atoms with Gasteiger partial charge in [-0.25, -0.2) is 0 Å². The number of fused-ring (bicyclic) bond motifs is 1. The van der Waals surface area contributed by atoms with Gasteiger partial charge in [0.1, 0.15) is 0 Å². The largest absolute Gasteiger partial charge is 0.377 e. The predicted molar refractivity (Wildman–Crippen MR) is 76.0 cm³/mol. The molecule has 0 heterocycles. The number of nitrogens with zero attached hydrogens (tertiary/aromatic N) is 4. The van der Waals surface area contributed by atoms with E-state index in [2.05, 4.69) is 51.3 Å². The highest BCUT2D eigenvalue weighted by atomic mass is 15.1. The van der Waals surface area contributed by atoms with E-state index in [0.717, 1.165) is 6.42 Å². The van der Waals surface area contributed by atoms with Crippen molar-refractivity contribution in [3.05, 3.63) is 52.4 Å². The van der Waals surface area contributed by atoms with Gasteiger partial charge in [0.2, 0.25) is 0 Å². The van der Waals surface area contributed by atoms with Crippen LogP contribution in [-0.4, -0.2) is 20.6 Å². The lowest BCUT2D eigenvalue weighted by Crippen LogP contribution is -2.09. The molecule has 0 aromatic heterocycles. The molecule has 0 atom stereocenters. The Morgan fingerprint density at radius 2 is 1.83 bits per heavy atom. The van der Waals surface area contributed by atoms with Crippen LogP contribution in [0.25, 0.3) is 21.2 Å². The van der Waals surface area contributed by atoms with Gasteiger partial charge in [-0.05, 0) is 29.0 Å². The van der Waals surface area contributed by atoms with Crippen molar-refractivity contribution in [1.29, 1.82) is 0 Å². The summed E-state index contributed by atoms with van der Waals surface area (Å²) in [5, 5.41) is 6.07. The number of azide groups is 1. The van der Waals surface area contributed by atoms with Crippen LogP contribution in [0.1, 0.15) is 5.56 Å². The number of anilines is 1. The number of hydrogen-bond acceptors (Lipinski definition) is 2. The van der Waals surface area contributed by atoms with E-state index in [1.54, 1.807) is 0 Å². The Morgan fingerprint density at radius 3 is 2.56 bits per heavy atom. The fourth-order valence-electron chi connectivity index (χ4n) is 2.18. The Bertz CT molecular complexity index is 598. The average molecular weight is 240 g/mol. The highest BCUT2D eigenvalue weighted by Crippen LogP contribution is 2.28. The van der Waals surface area contributed by atoms with Crippen LogP contribution in [0.4, 0.5) is 5.69 Å². The lowest BCUT2D eigenvalue weighted by molar-refractivity contribution is 0.964. The van der Waals surface area contributed by atoms with Gasteiger partial charge in [0.05, 0.1) is 0 Å². The minimum atomic E-state index is 0.502. The molecule has 0 unspecified atom stereocenters. The van der Waals surface area contributed by atoms with Crippen LogP contribution in [0.15, 0.2) is 41.5 Å². The van der Waals surface area contributed by atoms with Crippen molar-refractivity contribution < 1.29 is 0 Å². The van der Waals surface area contributed by atoms with E-state index in [4.69, 9.17) is 5.53 Å². The van der Waals surface area contributed by atoms with E-state index in [9.17, 15) is 0 Å². The fraction of sp³-hybridized carbons (Fsp3) is 0.286. The summed E-state index contributed by atoms with van der Waals surface area (Å²) in [6, 6.07) is 12.6. The van der Waals surface area contributed by atoms with E-state index < -0.39 is 0 Å². The standard InChI is InChI=1S/C14H16N4/c1-18(2)14-8-4-6-12-11(9-10-16-17-15)5-3-7-13(12)14/h3-8H,9-10H2,1-2H3. The van der Waals surface area contributed by atoms with Gasteiger partial charge in [0, 0.05) is 36.6 Å². The summed E-state index contributed by atoms with van der Waals surface area (Å²) < 4.78 is 0. The second-order valence-electron chi connectivity index (χ2n) is 4.39. The van der Waals surface area contributed by atoms with Gasteiger partial charge in [0.25, 0.3) is 0 Å². The molecule has 0 amide bonds. The van der Waals surface area contributed by atoms with E-state index in [-0.39, 0.29) is 0 Å². The molecule has 92 valence electrons. The molecule has 0 N–H and O–H groups in total. The van der Waals surface area contributed by atoms with Crippen LogP contribution in [0.2, 0.25) is 0 Å².